The van der Waals surface area contributed by atoms with Gasteiger partial charge in [0.05, 0.1) is 5.25 Å². The third-order valence-electron chi connectivity index (χ3n) is 2.97. The van der Waals surface area contributed by atoms with Crippen LogP contribution in [0.2, 0.25) is 0 Å². The second-order valence-electron chi connectivity index (χ2n) is 4.27. The summed E-state index contributed by atoms with van der Waals surface area (Å²) >= 11 is 2.14. The van der Waals surface area contributed by atoms with Gasteiger partial charge in [0.2, 0.25) is 10.0 Å². The number of anilines is 1. The van der Waals surface area contributed by atoms with Crippen molar-refractivity contribution >= 4 is 38.4 Å². The predicted molar refractivity (Wildman–Crippen MR) is 76.4 cm³/mol. The molecule has 0 aromatic carbocycles. The molecule has 1 heterocycles. The van der Waals surface area contributed by atoms with E-state index in [4.69, 9.17) is 0 Å². The first-order valence-corrected chi connectivity index (χ1v) is 8.33. The number of rotatable bonds is 3. The van der Waals surface area contributed by atoms with Crippen molar-refractivity contribution in [1.82, 2.24) is 4.98 Å². The van der Waals surface area contributed by atoms with Gasteiger partial charge < -0.3 is 0 Å². The zero-order valence-electron chi connectivity index (χ0n) is 9.39. The Labute approximate surface area is 115 Å². The molecule has 0 spiro atoms. The molecule has 0 amide bonds. The summed E-state index contributed by atoms with van der Waals surface area (Å²) in [5, 5.41) is -0.252. The van der Waals surface area contributed by atoms with Crippen LogP contribution >= 0.6 is 22.6 Å². The minimum Gasteiger partial charge on any atom is -0.267 e. The van der Waals surface area contributed by atoms with Gasteiger partial charge in [0.25, 0.3) is 0 Å². The summed E-state index contributed by atoms with van der Waals surface area (Å²) in [6.45, 7) is 0. The van der Waals surface area contributed by atoms with Gasteiger partial charge in [-0.25, -0.2) is 13.4 Å². The summed E-state index contributed by atoms with van der Waals surface area (Å²) < 4.78 is 27.7. The number of sulfonamides is 1. The molecule has 0 radical (unpaired) electrons. The molecule has 94 valence electrons. The third kappa shape index (κ3) is 3.54. The average molecular weight is 366 g/mol. The fourth-order valence-corrected chi connectivity index (χ4v) is 3.89. The lowest BCUT2D eigenvalue weighted by Gasteiger charge is -2.22. The Bertz CT molecular complexity index is 467. The lowest BCUT2D eigenvalue weighted by molar-refractivity contribution is 0.486. The van der Waals surface area contributed by atoms with Crippen molar-refractivity contribution in [3.63, 3.8) is 0 Å². The van der Waals surface area contributed by atoms with Crippen LogP contribution in [0.5, 0.6) is 0 Å². The highest BCUT2D eigenvalue weighted by atomic mass is 127. The minimum atomic E-state index is -3.26. The number of nitrogens with zero attached hydrogens (tertiary/aromatic N) is 1. The summed E-state index contributed by atoms with van der Waals surface area (Å²) in [5.41, 5.74) is 0. The summed E-state index contributed by atoms with van der Waals surface area (Å²) in [6.07, 6.45) is 6.34. The van der Waals surface area contributed by atoms with Crippen LogP contribution in [-0.2, 0) is 10.0 Å². The molecule has 2 rings (SSSR count). The molecule has 1 aromatic heterocycles. The fourth-order valence-electron chi connectivity index (χ4n) is 2.04. The molecule has 0 saturated heterocycles. The van der Waals surface area contributed by atoms with Gasteiger partial charge in [0, 0.05) is 9.77 Å². The van der Waals surface area contributed by atoms with Crippen LogP contribution < -0.4 is 4.72 Å². The normalized spacial score (nSPS) is 17.9. The van der Waals surface area contributed by atoms with E-state index in [-0.39, 0.29) is 5.25 Å². The number of halogens is 1. The van der Waals surface area contributed by atoms with Gasteiger partial charge in [-0.1, -0.05) is 19.3 Å². The molecule has 0 unspecified atom stereocenters. The average Bonchev–Trinajstić information content (AvgIpc) is 2.33. The van der Waals surface area contributed by atoms with Crippen LogP contribution in [0.15, 0.2) is 18.3 Å². The molecule has 1 aromatic rings. The molecule has 17 heavy (non-hydrogen) atoms. The highest BCUT2D eigenvalue weighted by molar-refractivity contribution is 14.1. The lowest BCUT2D eigenvalue weighted by atomic mass is 10.0. The molecule has 1 fully saturated rings. The van der Waals surface area contributed by atoms with Crippen LogP contribution in [0.3, 0.4) is 0 Å². The molecule has 1 aliphatic carbocycles. The fraction of sp³-hybridized carbons (Fsp3) is 0.545. The van der Waals surface area contributed by atoms with Crippen molar-refractivity contribution in [1.29, 1.82) is 0 Å². The minimum absolute atomic E-state index is 0.252. The maximum absolute atomic E-state index is 12.1. The first kappa shape index (κ1) is 13.1. The monoisotopic (exact) mass is 366 g/mol. The molecule has 1 N–H and O–H groups in total. The van der Waals surface area contributed by atoms with E-state index in [0.29, 0.717) is 5.82 Å². The molecule has 4 nitrogen and oxygen atoms in total. The van der Waals surface area contributed by atoms with Crippen molar-refractivity contribution in [2.24, 2.45) is 0 Å². The van der Waals surface area contributed by atoms with E-state index < -0.39 is 10.0 Å². The molecule has 1 aliphatic rings. The molecular formula is C11H15IN2O2S. The van der Waals surface area contributed by atoms with Crippen LogP contribution in [-0.4, -0.2) is 18.7 Å². The zero-order valence-corrected chi connectivity index (χ0v) is 12.4. The number of pyridine rings is 1. The van der Waals surface area contributed by atoms with Crippen LogP contribution in [0, 0.1) is 3.57 Å². The molecule has 1 saturated carbocycles. The molecular weight excluding hydrogens is 351 g/mol. The second-order valence-corrected chi connectivity index (χ2v) is 7.48. The first-order chi connectivity index (χ1) is 8.08. The maximum atomic E-state index is 12.1. The number of hydrogen-bond donors (Lipinski definition) is 1. The topological polar surface area (TPSA) is 59.1 Å². The van der Waals surface area contributed by atoms with Crippen molar-refractivity contribution in [2.75, 3.05) is 4.72 Å². The highest BCUT2D eigenvalue weighted by Gasteiger charge is 2.27. The highest BCUT2D eigenvalue weighted by Crippen LogP contribution is 2.24. The smallest absolute Gasteiger partial charge is 0.236 e. The van der Waals surface area contributed by atoms with Gasteiger partial charge in [-0.2, -0.15) is 0 Å². The van der Waals surface area contributed by atoms with E-state index in [1.54, 1.807) is 12.3 Å². The zero-order chi connectivity index (χ0) is 12.3. The first-order valence-electron chi connectivity index (χ1n) is 5.71. The van der Waals surface area contributed by atoms with Gasteiger partial charge in [0.15, 0.2) is 0 Å². The Kier molecular flexibility index (Phi) is 4.24. The predicted octanol–water partition coefficient (Wildman–Crippen LogP) is 2.76. The summed E-state index contributed by atoms with van der Waals surface area (Å²) in [4.78, 5) is 4.06. The molecule has 6 heteroatoms. The standard InChI is InChI=1S/C11H15IN2O2S/c12-9-6-7-11(13-8-9)14-17(15,16)10-4-2-1-3-5-10/h6-8,10H,1-5H2,(H,13,14). The number of hydrogen-bond acceptors (Lipinski definition) is 3. The SMILES string of the molecule is O=S(=O)(Nc1ccc(I)cn1)C1CCCCC1. The van der Waals surface area contributed by atoms with Crippen LogP contribution in [0.4, 0.5) is 5.82 Å². The van der Waals surface area contributed by atoms with Gasteiger partial charge in [-0.15, -0.1) is 0 Å². The Balaban J connectivity index is 2.08. The van der Waals surface area contributed by atoms with E-state index in [0.717, 1.165) is 35.7 Å². The molecule has 0 aliphatic heterocycles. The third-order valence-corrected chi connectivity index (χ3v) is 5.45. The Morgan fingerprint density at radius 3 is 2.53 bits per heavy atom. The van der Waals surface area contributed by atoms with Crippen molar-refractivity contribution in [3.05, 3.63) is 21.9 Å². The Morgan fingerprint density at radius 1 is 1.24 bits per heavy atom. The Hall–Kier alpha value is -0.370. The van der Waals surface area contributed by atoms with Crippen LogP contribution in [0.25, 0.3) is 0 Å². The van der Waals surface area contributed by atoms with Crippen LogP contribution in [0.1, 0.15) is 32.1 Å². The quantitative estimate of drug-likeness (QED) is 0.837. The van der Waals surface area contributed by atoms with E-state index in [1.165, 1.54) is 0 Å². The Morgan fingerprint density at radius 2 is 1.94 bits per heavy atom. The van der Waals surface area contributed by atoms with E-state index in [9.17, 15) is 8.42 Å². The van der Waals surface area contributed by atoms with Crippen molar-refractivity contribution < 1.29 is 8.42 Å². The van der Waals surface area contributed by atoms with Gasteiger partial charge >= 0.3 is 0 Å². The second kappa shape index (κ2) is 5.51. The maximum Gasteiger partial charge on any atom is 0.236 e. The lowest BCUT2D eigenvalue weighted by Crippen LogP contribution is -2.30. The van der Waals surface area contributed by atoms with Crippen molar-refractivity contribution in [3.8, 4) is 0 Å². The summed E-state index contributed by atoms with van der Waals surface area (Å²) in [6, 6.07) is 3.54. The summed E-state index contributed by atoms with van der Waals surface area (Å²) in [5.74, 6) is 0.413. The number of aromatic nitrogens is 1. The summed E-state index contributed by atoms with van der Waals surface area (Å²) in [7, 11) is -3.26. The van der Waals surface area contributed by atoms with E-state index in [1.807, 2.05) is 6.07 Å². The van der Waals surface area contributed by atoms with Crippen molar-refractivity contribution in [2.45, 2.75) is 37.4 Å². The molecule has 0 bridgehead atoms. The van der Waals surface area contributed by atoms with Gasteiger partial charge in [-0.05, 0) is 47.6 Å². The van der Waals surface area contributed by atoms with E-state index >= 15 is 0 Å². The van der Waals surface area contributed by atoms with Gasteiger partial charge in [-0.3, -0.25) is 4.72 Å². The molecule has 0 atom stereocenters. The van der Waals surface area contributed by atoms with Gasteiger partial charge in [0.1, 0.15) is 5.82 Å². The van der Waals surface area contributed by atoms with E-state index in [2.05, 4.69) is 32.3 Å². The number of nitrogens with one attached hydrogen (secondary N) is 1. The largest absolute Gasteiger partial charge is 0.267 e.